The van der Waals surface area contributed by atoms with Crippen LogP contribution in [-0.2, 0) is 14.2 Å². The highest BCUT2D eigenvalue weighted by Crippen LogP contribution is 2.31. The molecule has 0 atom stereocenters. The third kappa shape index (κ3) is 3.74. The summed E-state index contributed by atoms with van der Waals surface area (Å²) in [4.78, 5) is 10.9. The van der Waals surface area contributed by atoms with E-state index >= 15 is 0 Å². The van der Waals surface area contributed by atoms with Crippen LogP contribution in [0, 0.1) is 0 Å². The van der Waals surface area contributed by atoms with Crippen molar-refractivity contribution >= 4 is 18.0 Å². The van der Waals surface area contributed by atoms with Crippen LogP contribution in [0.1, 0.15) is 0 Å². The predicted molar refractivity (Wildman–Crippen MR) is 49.4 cm³/mol. The molecule has 0 amide bonds. The van der Waals surface area contributed by atoms with Crippen molar-refractivity contribution in [1.29, 1.82) is 0 Å². The summed E-state index contributed by atoms with van der Waals surface area (Å²) >= 11 is -0.674. The molecular formula is C8H6F2O5S. The molecule has 16 heavy (non-hydrogen) atoms. The van der Waals surface area contributed by atoms with Crippen molar-refractivity contribution in [2.75, 3.05) is 0 Å². The second kappa shape index (κ2) is 5.75. The molecule has 8 heteroatoms. The molecule has 1 N–H and O–H groups in total. The van der Waals surface area contributed by atoms with Gasteiger partial charge in [-0.25, -0.2) is 10.1 Å². The summed E-state index contributed by atoms with van der Waals surface area (Å²) in [6.45, 7) is 0. The van der Waals surface area contributed by atoms with Gasteiger partial charge in [-0.3, -0.25) is 0 Å². The summed E-state index contributed by atoms with van der Waals surface area (Å²) < 4.78 is 33.6. The molecule has 0 saturated carbocycles. The van der Waals surface area contributed by atoms with Crippen molar-refractivity contribution in [2.24, 2.45) is 0 Å². The first-order valence-electron chi connectivity index (χ1n) is 3.87. The molecule has 1 rings (SSSR count). The Morgan fingerprint density at radius 2 is 1.94 bits per heavy atom. The summed E-state index contributed by atoms with van der Waals surface area (Å²) in [5, 5.41) is 6.64. The normalized spacial score (nSPS) is 11.2. The molecule has 0 bridgehead atoms. The van der Waals surface area contributed by atoms with Gasteiger partial charge >= 0.3 is 11.2 Å². The molecule has 5 nitrogen and oxygen atoms in total. The summed E-state index contributed by atoms with van der Waals surface area (Å²) in [6, 6.07) is 7.33. The summed E-state index contributed by atoms with van der Waals surface area (Å²) in [7, 11) is 0. The van der Waals surface area contributed by atoms with E-state index in [0.717, 1.165) is 0 Å². The Balaban J connectivity index is 2.58. The zero-order valence-corrected chi connectivity index (χ0v) is 8.45. The van der Waals surface area contributed by atoms with Crippen molar-refractivity contribution in [1.82, 2.24) is 0 Å². The zero-order valence-electron chi connectivity index (χ0n) is 7.63. The van der Waals surface area contributed by atoms with Crippen LogP contribution in [0.5, 0.6) is 5.75 Å². The Labute approximate surface area is 93.0 Å². The van der Waals surface area contributed by atoms with Gasteiger partial charge in [0.1, 0.15) is 17.8 Å². The number of hydrogen-bond donors (Lipinski definition) is 1. The molecule has 0 aliphatic rings. The average Bonchev–Trinajstić information content (AvgIpc) is 2.28. The highest BCUT2D eigenvalue weighted by molar-refractivity contribution is 7.96. The summed E-state index contributed by atoms with van der Waals surface area (Å²) in [6.07, 6.45) is 0. The van der Waals surface area contributed by atoms with Crippen LogP contribution in [-0.4, -0.2) is 16.5 Å². The quantitative estimate of drug-likeness (QED) is 0.285. The molecule has 0 heterocycles. The fraction of sp³-hybridized carbons (Fsp3) is 0.125. The maximum Gasteiger partial charge on any atom is 0.416 e. The number of esters is 1. The van der Waals surface area contributed by atoms with E-state index in [0.29, 0.717) is 0 Å². The van der Waals surface area contributed by atoms with Crippen LogP contribution in [0.25, 0.3) is 0 Å². The molecule has 1 aromatic rings. The number of ether oxygens (including phenoxy) is 1. The van der Waals surface area contributed by atoms with Gasteiger partial charge in [0, 0.05) is 0 Å². The molecule has 88 valence electrons. The number of para-hydroxylation sites is 1. The minimum Gasteiger partial charge on any atom is -0.421 e. The lowest BCUT2D eigenvalue weighted by Crippen LogP contribution is -2.29. The van der Waals surface area contributed by atoms with Gasteiger partial charge in [0.25, 0.3) is 0 Å². The van der Waals surface area contributed by atoms with Crippen molar-refractivity contribution < 1.29 is 32.9 Å². The standard InChI is InChI=1S/C8H6F2O5S/c9-8(10,16-15-14-12)7(11)13-6-4-2-1-3-5-6/h1-5,12H. The van der Waals surface area contributed by atoms with E-state index in [2.05, 4.69) is 14.1 Å². The van der Waals surface area contributed by atoms with Crippen molar-refractivity contribution in [3.8, 4) is 5.75 Å². The Morgan fingerprint density at radius 3 is 2.50 bits per heavy atom. The van der Waals surface area contributed by atoms with Crippen molar-refractivity contribution in [2.45, 2.75) is 5.25 Å². The maximum atomic E-state index is 12.9. The van der Waals surface area contributed by atoms with Gasteiger partial charge in [0.15, 0.2) is 0 Å². The van der Waals surface area contributed by atoms with Gasteiger partial charge in [0.2, 0.25) is 0 Å². The number of rotatable bonds is 5. The van der Waals surface area contributed by atoms with Gasteiger partial charge in [-0.2, -0.15) is 8.78 Å². The molecule has 0 aliphatic heterocycles. The van der Waals surface area contributed by atoms with Gasteiger partial charge in [-0.1, -0.05) is 23.2 Å². The van der Waals surface area contributed by atoms with E-state index in [9.17, 15) is 13.6 Å². The van der Waals surface area contributed by atoms with Crippen LogP contribution in [0.4, 0.5) is 8.78 Å². The number of benzene rings is 1. The molecule has 0 fully saturated rings. The van der Waals surface area contributed by atoms with E-state index in [4.69, 9.17) is 5.26 Å². The van der Waals surface area contributed by atoms with Crippen molar-refractivity contribution in [3.05, 3.63) is 30.3 Å². The lowest BCUT2D eigenvalue weighted by molar-refractivity contribution is -0.433. The smallest absolute Gasteiger partial charge is 0.416 e. The fourth-order valence-electron chi connectivity index (χ4n) is 0.747. The van der Waals surface area contributed by atoms with E-state index < -0.39 is 23.3 Å². The lowest BCUT2D eigenvalue weighted by atomic mass is 10.3. The molecular weight excluding hydrogens is 246 g/mol. The number of alkyl halides is 2. The molecule has 0 radical (unpaired) electrons. The van der Waals surface area contributed by atoms with Crippen LogP contribution in [0.2, 0.25) is 0 Å². The van der Waals surface area contributed by atoms with E-state index in [1.807, 2.05) is 0 Å². The lowest BCUT2D eigenvalue weighted by Gasteiger charge is -2.11. The van der Waals surface area contributed by atoms with Gasteiger partial charge < -0.3 is 4.74 Å². The fourth-order valence-corrected chi connectivity index (χ4v) is 0.973. The molecule has 0 aliphatic carbocycles. The monoisotopic (exact) mass is 252 g/mol. The first-order chi connectivity index (χ1) is 7.56. The largest absolute Gasteiger partial charge is 0.421 e. The third-order valence-electron chi connectivity index (χ3n) is 1.36. The first kappa shape index (κ1) is 12.8. The maximum absolute atomic E-state index is 12.9. The van der Waals surface area contributed by atoms with Crippen LogP contribution in [0.3, 0.4) is 0 Å². The minimum atomic E-state index is -3.99. The van der Waals surface area contributed by atoms with Gasteiger partial charge in [-0.05, 0) is 12.1 Å². The van der Waals surface area contributed by atoms with Crippen LogP contribution in [0.15, 0.2) is 30.3 Å². The number of halogens is 2. The van der Waals surface area contributed by atoms with E-state index in [1.54, 1.807) is 6.07 Å². The Kier molecular flexibility index (Phi) is 4.62. The molecule has 0 saturated heterocycles. The highest BCUT2D eigenvalue weighted by Gasteiger charge is 2.44. The van der Waals surface area contributed by atoms with E-state index in [-0.39, 0.29) is 5.75 Å². The Bertz CT molecular complexity index is 346. The molecule has 0 unspecified atom stereocenters. The van der Waals surface area contributed by atoms with Gasteiger partial charge in [0.05, 0.1) is 0 Å². The SMILES string of the molecule is O=C(Oc1ccccc1)C(F)(F)SOOO. The Hall–Kier alpha value is -1.22. The number of carbonyl (C=O) groups excluding carboxylic acids is 1. The van der Waals surface area contributed by atoms with Crippen LogP contribution < -0.4 is 4.74 Å². The summed E-state index contributed by atoms with van der Waals surface area (Å²) in [5.74, 6) is -1.86. The number of carbonyl (C=O) groups is 1. The topological polar surface area (TPSA) is 65.0 Å². The second-order valence-corrected chi connectivity index (χ2v) is 3.26. The third-order valence-corrected chi connectivity index (χ3v) is 1.87. The number of hydrogen-bond acceptors (Lipinski definition) is 6. The molecule has 0 aromatic heterocycles. The Morgan fingerprint density at radius 1 is 1.31 bits per heavy atom. The second-order valence-electron chi connectivity index (χ2n) is 2.45. The summed E-state index contributed by atoms with van der Waals surface area (Å²) in [5.41, 5.74) is 0. The molecule has 0 spiro atoms. The highest BCUT2D eigenvalue weighted by atomic mass is 32.2. The zero-order chi connectivity index (χ0) is 12.0. The van der Waals surface area contributed by atoms with Crippen molar-refractivity contribution in [3.63, 3.8) is 0 Å². The van der Waals surface area contributed by atoms with E-state index in [1.165, 1.54) is 24.3 Å². The van der Waals surface area contributed by atoms with Gasteiger partial charge in [-0.15, -0.1) is 4.33 Å². The predicted octanol–water partition coefficient (Wildman–Crippen LogP) is 2.25. The first-order valence-corrected chi connectivity index (χ1v) is 4.61. The van der Waals surface area contributed by atoms with Crippen LogP contribution >= 0.6 is 12.0 Å². The molecule has 1 aromatic carbocycles. The average molecular weight is 252 g/mol. The minimum absolute atomic E-state index is 0.0299.